The van der Waals surface area contributed by atoms with Gasteiger partial charge in [-0.05, 0) is 18.6 Å². The van der Waals surface area contributed by atoms with Crippen LogP contribution in [0.2, 0.25) is 0 Å². The molecule has 0 saturated carbocycles. The number of aromatic nitrogens is 2. The number of carboxylic acid groups (broad SMARTS) is 1. The number of hydrogen-bond acceptors (Lipinski definition) is 2. The molecule has 0 aliphatic heterocycles. The smallest absolute Gasteiger partial charge is 0.336 e. The van der Waals surface area contributed by atoms with Gasteiger partial charge in [0, 0.05) is 11.1 Å². The van der Waals surface area contributed by atoms with Crippen LogP contribution in [-0.4, -0.2) is 21.3 Å². The number of H-pyrrole nitrogens is 1. The summed E-state index contributed by atoms with van der Waals surface area (Å²) in [7, 11) is 0. The van der Waals surface area contributed by atoms with E-state index in [2.05, 4.69) is 10.2 Å². The molecule has 1 aromatic heterocycles. The topological polar surface area (TPSA) is 66.0 Å². The summed E-state index contributed by atoms with van der Waals surface area (Å²) in [5.74, 6) is -0.910. The maximum absolute atomic E-state index is 10.9. The average Bonchev–Trinajstić information content (AvgIpc) is 2.59. The van der Waals surface area contributed by atoms with E-state index in [0.717, 1.165) is 17.5 Å². The van der Waals surface area contributed by atoms with Gasteiger partial charge in [0.05, 0.1) is 11.1 Å². The second-order valence-corrected chi connectivity index (χ2v) is 3.06. The Morgan fingerprint density at radius 3 is 3.00 bits per heavy atom. The fraction of sp³-hybridized carbons (Fsp3) is 0.200. The number of aromatic carboxylic acids is 1. The minimum atomic E-state index is -0.910. The van der Waals surface area contributed by atoms with Gasteiger partial charge in [-0.15, -0.1) is 0 Å². The fourth-order valence-electron chi connectivity index (χ4n) is 1.57. The van der Waals surface area contributed by atoms with E-state index in [1.54, 1.807) is 18.2 Å². The first kappa shape index (κ1) is 8.74. The molecule has 0 saturated heterocycles. The zero-order valence-electron chi connectivity index (χ0n) is 7.74. The molecular weight excluding hydrogens is 180 g/mol. The lowest BCUT2D eigenvalue weighted by Crippen LogP contribution is -1.97. The van der Waals surface area contributed by atoms with Gasteiger partial charge >= 0.3 is 5.97 Å². The lowest BCUT2D eigenvalue weighted by atomic mass is 10.1. The summed E-state index contributed by atoms with van der Waals surface area (Å²) in [6, 6.07) is 5.10. The van der Waals surface area contributed by atoms with Crippen LogP contribution in [0.25, 0.3) is 10.9 Å². The van der Waals surface area contributed by atoms with Gasteiger partial charge in [0.15, 0.2) is 0 Å². The molecule has 72 valence electrons. The Morgan fingerprint density at radius 1 is 1.57 bits per heavy atom. The summed E-state index contributed by atoms with van der Waals surface area (Å²) < 4.78 is 0. The molecule has 1 aromatic carbocycles. The Bertz CT molecular complexity index is 488. The van der Waals surface area contributed by atoms with Crippen LogP contribution in [0, 0.1) is 0 Å². The van der Waals surface area contributed by atoms with Gasteiger partial charge in [-0.3, -0.25) is 5.10 Å². The van der Waals surface area contributed by atoms with Crippen molar-refractivity contribution in [2.45, 2.75) is 13.3 Å². The monoisotopic (exact) mass is 190 g/mol. The van der Waals surface area contributed by atoms with Gasteiger partial charge in [-0.2, -0.15) is 5.10 Å². The molecule has 2 N–H and O–H groups in total. The molecule has 0 unspecified atom stereocenters. The lowest BCUT2D eigenvalue weighted by molar-refractivity contribution is 0.0699. The van der Waals surface area contributed by atoms with E-state index in [-0.39, 0.29) is 0 Å². The second-order valence-electron chi connectivity index (χ2n) is 3.06. The van der Waals surface area contributed by atoms with Crippen LogP contribution in [-0.2, 0) is 6.42 Å². The lowest BCUT2D eigenvalue weighted by Gasteiger charge is -1.97. The first-order valence-corrected chi connectivity index (χ1v) is 4.43. The normalized spacial score (nSPS) is 10.6. The number of aryl methyl sites for hydroxylation is 1. The Labute approximate surface area is 80.6 Å². The molecule has 0 aliphatic rings. The van der Waals surface area contributed by atoms with Crippen molar-refractivity contribution in [3.05, 3.63) is 29.5 Å². The molecule has 0 amide bonds. The Balaban J connectivity index is 2.81. The van der Waals surface area contributed by atoms with Crippen LogP contribution in [0.1, 0.15) is 23.0 Å². The quantitative estimate of drug-likeness (QED) is 0.759. The molecule has 2 rings (SSSR count). The minimum Gasteiger partial charge on any atom is -0.478 e. The Morgan fingerprint density at radius 2 is 2.36 bits per heavy atom. The highest BCUT2D eigenvalue weighted by molar-refractivity contribution is 6.03. The number of benzene rings is 1. The molecule has 0 fully saturated rings. The predicted molar refractivity (Wildman–Crippen MR) is 52.4 cm³/mol. The van der Waals surface area contributed by atoms with Crippen molar-refractivity contribution in [2.24, 2.45) is 0 Å². The van der Waals surface area contributed by atoms with Crippen molar-refractivity contribution >= 4 is 16.9 Å². The number of rotatable bonds is 2. The number of fused-ring (bicyclic) bond motifs is 1. The zero-order chi connectivity index (χ0) is 10.1. The first-order chi connectivity index (χ1) is 6.74. The molecule has 1 heterocycles. The molecule has 0 bridgehead atoms. The molecule has 0 spiro atoms. The van der Waals surface area contributed by atoms with E-state index in [0.29, 0.717) is 11.1 Å². The Hall–Kier alpha value is -1.84. The first-order valence-electron chi connectivity index (χ1n) is 4.43. The van der Waals surface area contributed by atoms with Gasteiger partial charge < -0.3 is 5.11 Å². The van der Waals surface area contributed by atoms with Crippen LogP contribution in [0.15, 0.2) is 18.2 Å². The SMILES string of the molecule is CCc1[nH]nc2cccc(C(=O)O)c12. The zero-order valence-corrected chi connectivity index (χ0v) is 7.74. The van der Waals surface area contributed by atoms with Gasteiger partial charge in [0.1, 0.15) is 0 Å². The summed E-state index contributed by atoms with van der Waals surface area (Å²) in [5, 5.41) is 16.6. The van der Waals surface area contributed by atoms with E-state index in [1.165, 1.54) is 0 Å². The molecule has 4 heteroatoms. The van der Waals surface area contributed by atoms with Crippen molar-refractivity contribution in [2.75, 3.05) is 0 Å². The van der Waals surface area contributed by atoms with Crippen LogP contribution in [0.5, 0.6) is 0 Å². The largest absolute Gasteiger partial charge is 0.478 e. The number of aromatic amines is 1. The second kappa shape index (κ2) is 3.14. The molecule has 2 aromatic rings. The third-order valence-electron chi connectivity index (χ3n) is 2.24. The van der Waals surface area contributed by atoms with Crippen molar-refractivity contribution in [1.82, 2.24) is 10.2 Å². The van der Waals surface area contributed by atoms with Crippen molar-refractivity contribution < 1.29 is 9.90 Å². The third-order valence-corrected chi connectivity index (χ3v) is 2.24. The highest BCUT2D eigenvalue weighted by atomic mass is 16.4. The third kappa shape index (κ3) is 1.16. The minimum absolute atomic E-state index is 0.313. The molecule has 4 nitrogen and oxygen atoms in total. The van der Waals surface area contributed by atoms with Crippen molar-refractivity contribution in [3.8, 4) is 0 Å². The number of nitrogens with zero attached hydrogens (tertiary/aromatic N) is 1. The summed E-state index contributed by atoms with van der Waals surface area (Å²) in [6.07, 6.45) is 0.751. The van der Waals surface area contributed by atoms with Crippen molar-refractivity contribution in [3.63, 3.8) is 0 Å². The van der Waals surface area contributed by atoms with E-state index >= 15 is 0 Å². The summed E-state index contributed by atoms with van der Waals surface area (Å²) in [4.78, 5) is 10.9. The van der Waals surface area contributed by atoms with Crippen molar-refractivity contribution in [1.29, 1.82) is 0 Å². The maximum Gasteiger partial charge on any atom is 0.336 e. The van der Waals surface area contributed by atoms with Crippen LogP contribution in [0.3, 0.4) is 0 Å². The average molecular weight is 190 g/mol. The summed E-state index contributed by atoms with van der Waals surface area (Å²) in [6.45, 7) is 1.96. The summed E-state index contributed by atoms with van der Waals surface area (Å²) >= 11 is 0. The predicted octanol–water partition coefficient (Wildman–Crippen LogP) is 1.82. The maximum atomic E-state index is 10.9. The van der Waals surface area contributed by atoms with Gasteiger partial charge in [-0.1, -0.05) is 13.0 Å². The number of carbonyl (C=O) groups is 1. The highest BCUT2D eigenvalue weighted by Gasteiger charge is 2.12. The number of nitrogens with one attached hydrogen (secondary N) is 1. The highest BCUT2D eigenvalue weighted by Crippen LogP contribution is 2.20. The summed E-state index contributed by atoms with van der Waals surface area (Å²) in [5.41, 5.74) is 1.90. The number of carboxylic acids is 1. The number of hydrogen-bond donors (Lipinski definition) is 2. The van der Waals surface area contributed by atoms with E-state index in [9.17, 15) is 4.79 Å². The van der Waals surface area contributed by atoms with E-state index < -0.39 is 5.97 Å². The van der Waals surface area contributed by atoms with Crippen LogP contribution in [0.4, 0.5) is 0 Å². The van der Waals surface area contributed by atoms with E-state index in [1.807, 2.05) is 6.92 Å². The van der Waals surface area contributed by atoms with Gasteiger partial charge in [0.2, 0.25) is 0 Å². The molecule has 14 heavy (non-hydrogen) atoms. The van der Waals surface area contributed by atoms with Crippen LogP contribution >= 0.6 is 0 Å². The van der Waals surface area contributed by atoms with E-state index in [4.69, 9.17) is 5.11 Å². The standard InChI is InChI=1S/C10H10N2O2/c1-2-7-9-6(10(13)14)4-3-5-8(9)12-11-7/h3-5H,2H2,1H3,(H,11,12)(H,13,14). The molecular formula is C10H10N2O2. The molecule has 0 radical (unpaired) electrons. The van der Waals surface area contributed by atoms with Crippen LogP contribution < -0.4 is 0 Å². The molecule has 0 aliphatic carbocycles. The van der Waals surface area contributed by atoms with Gasteiger partial charge in [-0.25, -0.2) is 4.79 Å². The van der Waals surface area contributed by atoms with Gasteiger partial charge in [0.25, 0.3) is 0 Å². The molecule has 0 atom stereocenters. The fourth-order valence-corrected chi connectivity index (χ4v) is 1.57. The Kier molecular flexibility index (Phi) is 1.96.